The summed E-state index contributed by atoms with van der Waals surface area (Å²) >= 11 is 7.33. The van der Waals surface area contributed by atoms with E-state index in [4.69, 9.17) is 20.9 Å². The van der Waals surface area contributed by atoms with Crippen LogP contribution in [-0.2, 0) is 11.3 Å². The Morgan fingerprint density at radius 1 is 1.39 bits per heavy atom. The minimum atomic E-state index is -0.805. The minimum absolute atomic E-state index is 0.0500. The van der Waals surface area contributed by atoms with Crippen LogP contribution in [0.5, 0.6) is 0 Å². The predicted octanol–water partition coefficient (Wildman–Crippen LogP) is 4.10. The minimum Gasteiger partial charge on any atom is -0.454 e. The van der Waals surface area contributed by atoms with Gasteiger partial charge in [0.2, 0.25) is 0 Å². The van der Waals surface area contributed by atoms with Gasteiger partial charge >= 0.3 is 5.97 Å². The Labute approximate surface area is 165 Å². The molecule has 4 rings (SSSR count). The molecule has 0 aliphatic heterocycles. The normalized spacial score (nSPS) is 11.1. The molecule has 28 heavy (non-hydrogen) atoms. The first-order chi connectivity index (χ1) is 13.5. The van der Waals surface area contributed by atoms with Gasteiger partial charge in [0, 0.05) is 0 Å². The van der Waals surface area contributed by atoms with E-state index in [1.165, 1.54) is 36.5 Å². The van der Waals surface area contributed by atoms with Crippen LogP contribution >= 0.6 is 22.9 Å². The van der Waals surface area contributed by atoms with Gasteiger partial charge in [-0.15, -0.1) is 11.3 Å². The van der Waals surface area contributed by atoms with Gasteiger partial charge in [-0.25, -0.2) is 14.2 Å². The number of hydrogen-bond acceptors (Lipinski definition) is 7. The summed E-state index contributed by atoms with van der Waals surface area (Å²) in [5.74, 6) is -1.12. The van der Waals surface area contributed by atoms with Gasteiger partial charge in [0.05, 0.1) is 16.1 Å². The Hall–Kier alpha value is -3.04. The standard InChI is InChI=1S/C18H11ClFN3O4S/c1-8-13(15(23-27-8)14-9(19)3-2-4-10(14)20)18(25)26-7-12-21-11-5-6-28-16(11)17(24)22-12/h2-6H,7H2,1H3,(H,21,22,24). The van der Waals surface area contributed by atoms with E-state index in [-0.39, 0.29) is 45.6 Å². The molecule has 0 bridgehead atoms. The molecular formula is C18H11ClFN3O4S. The first-order valence-corrected chi connectivity index (χ1v) is 9.25. The molecule has 3 heterocycles. The van der Waals surface area contributed by atoms with Gasteiger partial charge in [-0.05, 0) is 30.5 Å². The number of hydrogen-bond donors (Lipinski definition) is 1. The molecule has 0 aliphatic carbocycles. The summed E-state index contributed by atoms with van der Waals surface area (Å²) in [4.78, 5) is 31.4. The highest BCUT2D eigenvalue weighted by molar-refractivity contribution is 7.17. The number of esters is 1. The number of carbonyl (C=O) groups is 1. The van der Waals surface area contributed by atoms with Crippen LogP contribution in [0.15, 0.2) is 39.0 Å². The third-order valence-electron chi connectivity index (χ3n) is 3.97. The maximum absolute atomic E-state index is 14.2. The predicted molar refractivity (Wildman–Crippen MR) is 101 cm³/mol. The Bertz CT molecular complexity index is 1240. The average Bonchev–Trinajstić information content (AvgIpc) is 3.27. The van der Waals surface area contributed by atoms with Crippen molar-refractivity contribution in [3.63, 3.8) is 0 Å². The van der Waals surface area contributed by atoms with E-state index in [2.05, 4.69) is 15.1 Å². The van der Waals surface area contributed by atoms with Crippen molar-refractivity contribution >= 4 is 39.1 Å². The molecule has 4 aromatic rings. The fraction of sp³-hybridized carbons (Fsp3) is 0.111. The molecule has 1 aromatic carbocycles. The quantitative estimate of drug-likeness (QED) is 0.500. The van der Waals surface area contributed by atoms with E-state index in [9.17, 15) is 14.0 Å². The number of fused-ring (bicyclic) bond motifs is 1. The summed E-state index contributed by atoms with van der Waals surface area (Å²) in [5.41, 5.74) is 0.0382. The first-order valence-electron chi connectivity index (χ1n) is 8.00. The number of nitrogens with one attached hydrogen (secondary N) is 1. The number of aromatic nitrogens is 3. The second-order valence-electron chi connectivity index (χ2n) is 5.78. The van der Waals surface area contributed by atoms with Crippen molar-refractivity contribution in [1.82, 2.24) is 15.1 Å². The van der Waals surface area contributed by atoms with Crippen LogP contribution in [-0.4, -0.2) is 21.1 Å². The molecule has 0 fully saturated rings. The van der Waals surface area contributed by atoms with Crippen LogP contribution < -0.4 is 5.56 Å². The van der Waals surface area contributed by atoms with Crippen molar-refractivity contribution < 1.29 is 18.4 Å². The number of carbonyl (C=O) groups excluding carboxylic acids is 1. The number of benzene rings is 1. The molecule has 1 N–H and O–H groups in total. The van der Waals surface area contributed by atoms with Gasteiger partial charge < -0.3 is 14.2 Å². The third kappa shape index (κ3) is 3.19. The molecule has 0 atom stereocenters. The fourth-order valence-electron chi connectivity index (χ4n) is 2.70. The summed E-state index contributed by atoms with van der Waals surface area (Å²) in [6.07, 6.45) is 0. The number of ether oxygens (including phenoxy) is 1. The number of halogens is 2. The van der Waals surface area contributed by atoms with Gasteiger partial charge in [0.1, 0.15) is 40.0 Å². The van der Waals surface area contributed by atoms with Crippen LogP contribution in [0.2, 0.25) is 5.02 Å². The van der Waals surface area contributed by atoms with Crippen molar-refractivity contribution in [2.45, 2.75) is 13.5 Å². The molecule has 10 heteroatoms. The lowest BCUT2D eigenvalue weighted by Gasteiger charge is -2.07. The summed E-state index contributed by atoms with van der Waals surface area (Å²) in [6.45, 7) is 1.22. The largest absolute Gasteiger partial charge is 0.454 e. The highest BCUT2D eigenvalue weighted by Gasteiger charge is 2.26. The zero-order valence-electron chi connectivity index (χ0n) is 14.3. The van der Waals surface area contributed by atoms with Crippen molar-refractivity contribution in [3.05, 3.63) is 68.0 Å². The van der Waals surface area contributed by atoms with E-state index in [0.29, 0.717) is 10.2 Å². The zero-order valence-corrected chi connectivity index (χ0v) is 15.9. The van der Waals surface area contributed by atoms with E-state index in [1.54, 1.807) is 11.4 Å². The van der Waals surface area contributed by atoms with E-state index in [1.807, 2.05) is 0 Å². The molecular weight excluding hydrogens is 409 g/mol. The second kappa shape index (κ2) is 7.17. The Morgan fingerprint density at radius 3 is 3.00 bits per heavy atom. The van der Waals surface area contributed by atoms with Gasteiger partial charge in [0.25, 0.3) is 5.56 Å². The summed E-state index contributed by atoms with van der Waals surface area (Å²) in [5, 5.41) is 5.58. The van der Waals surface area contributed by atoms with Crippen LogP contribution in [0.1, 0.15) is 21.9 Å². The highest BCUT2D eigenvalue weighted by Crippen LogP contribution is 2.33. The zero-order chi connectivity index (χ0) is 19.8. The molecule has 0 radical (unpaired) electrons. The average molecular weight is 420 g/mol. The van der Waals surface area contributed by atoms with Crippen LogP contribution in [0.4, 0.5) is 4.39 Å². The lowest BCUT2D eigenvalue weighted by molar-refractivity contribution is 0.0461. The maximum atomic E-state index is 14.2. The summed E-state index contributed by atoms with van der Waals surface area (Å²) < 4.78 is 25.0. The number of aromatic amines is 1. The van der Waals surface area contributed by atoms with Crippen molar-refractivity contribution in [2.75, 3.05) is 0 Å². The van der Waals surface area contributed by atoms with Gasteiger partial charge in [-0.2, -0.15) is 0 Å². The Morgan fingerprint density at radius 2 is 2.21 bits per heavy atom. The van der Waals surface area contributed by atoms with E-state index < -0.39 is 11.8 Å². The molecule has 0 saturated heterocycles. The number of nitrogens with zero attached hydrogens (tertiary/aromatic N) is 2. The van der Waals surface area contributed by atoms with Gasteiger partial charge in [-0.3, -0.25) is 4.79 Å². The first kappa shape index (κ1) is 18.3. The molecule has 0 saturated carbocycles. The van der Waals surface area contributed by atoms with Crippen LogP contribution in [0.3, 0.4) is 0 Å². The van der Waals surface area contributed by atoms with Crippen molar-refractivity contribution in [1.29, 1.82) is 0 Å². The molecule has 0 spiro atoms. The Kier molecular flexibility index (Phi) is 4.70. The lowest BCUT2D eigenvalue weighted by Crippen LogP contribution is -2.14. The highest BCUT2D eigenvalue weighted by atomic mass is 35.5. The fourth-order valence-corrected chi connectivity index (χ4v) is 3.68. The van der Waals surface area contributed by atoms with Crippen molar-refractivity contribution in [2.24, 2.45) is 0 Å². The smallest absolute Gasteiger partial charge is 0.344 e. The number of thiophene rings is 1. The molecule has 3 aromatic heterocycles. The SMILES string of the molecule is Cc1onc(-c2c(F)cccc2Cl)c1C(=O)OCc1nc2ccsc2c(=O)[nH]1. The number of rotatable bonds is 4. The summed E-state index contributed by atoms with van der Waals surface area (Å²) in [7, 11) is 0. The monoisotopic (exact) mass is 419 g/mol. The van der Waals surface area contributed by atoms with E-state index >= 15 is 0 Å². The Balaban J connectivity index is 1.64. The molecule has 7 nitrogen and oxygen atoms in total. The third-order valence-corrected chi connectivity index (χ3v) is 5.19. The van der Waals surface area contributed by atoms with Crippen molar-refractivity contribution in [3.8, 4) is 11.3 Å². The molecule has 0 unspecified atom stereocenters. The van der Waals surface area contributed by atoms with E-state index in [0.717, 1.165) is 0 Å². The molecule has 0 aliphatic rings. The number of aryl methyl sites for hydroxylation is 1. The summed E-state index contributed by atoms with van der Waals surface area (Å²) in [6, 6.07) is 5.81. The maximum Gasteiger partial charge on any atom is 0.344 e. The van der Waals surface area contributed by atoms with Gasteiger partial charge in [0.15, 0.2) is 0 Å². The second-order valence-corrected chi connectivity index (χ2v) is 7.11. The molecule has 142 valence electrons. The lowest BCUT2D eigenvalue weighted by atomic mass is 10.1. The van der Waals surface area contributed by atoms with Gasteiger partial charge in [-0.1, -0.05) is 22.8 Å². The number of H-pyrrole nitrogens is 1. The van der Waals surface area contributed by atoms with Crippen LogP contribution in [0.25, 0.3) is 21.5 Å². The molecule has 0 amide bonds. The van der Waals surface area contributed by atoms with Crippen LogP contribution in [0, 0.1) is 12.7 Å². The topological polar surface area (TPSA) is 98.1 Å².